The summed E-state index contributed by atoms with van der Waals surface area (Å²) in [5, 5.41) is 15.5. The van der Waals surface area contributed by atoms with E-state index in [-0.39, 0.29) is 42.4 Å². The molecule has 2 aromatic rings. The number of ether oxygens (including phenoxy) is 1. The van der Waals surface area contributed by atoms with E-state index in [9.17, 15) is 19.5 Å². The molecule has 1 aromatic heterocycles. The van der Waals surface area contributed by atoms with E-state index >= 15 is 0 Å². The maximum absolute atomic E-state index is 12.7. The average Bonchev–Trinajstić information content (AvgIpc) is 3.48. The summed E-state index contributed by atoms with van der Waals surface area (Å²) in [5.74, 6) is -0.559. The molecular formula is C22H28N4O6. The van der Waals surface area contributed by atoms with Gasteiger partial charge in [-0.15, -0.1) is 5.06 Å². The van der Waals surface area contributed by atoms with Gasteiger partial charge in [0.25, 0.3) is 0 Å². The van der Waals surface area contributed by atoms with Crippen LogP contribution in [0.15, 0.2) is 35.4 Å². The van der Waals surface area contributed by atoms with Gasteiger partial charge in [0.2, 0.25) is 0 Å². The summed E-state index contributed by atoms with van der Waals surface area (Å²) in [6, 6.07) is 6.90. The Kier molecular flexibility index (Phi) is 6.54. The fourth-order valence-electron chi connectivity index (χ4n) is 4.14. The Labute approximate surface area is 185 Å². The standard InChI is InChI=1S/C22H28N4O6/c1-3-18(14(2)28)26-22(30)24(13-23-26)17-7-4-15(5-8-17)6-9-20(29)32-25-11-16(12-27)10-19-21(25)31-19/h4-5,7-8,12-14,16,18-19,21,28H,3,6,9-11H2,1-2H3/t14-,16?,18?,19?,21?/m0/s1. The molecule has 0 spiro atoms. The molecule has 0 aliphatic carbocycles. The molecule has 2 aliphatic rings. The number of fused-ring (bicyclic) bond motifs is 1. The highest BCUT2D eigenvalue weighted by atomic mass is 16.8. The van der Waals surface area contributed by atoms with Gasteiger partial charge in [-0.05, 0) is 43.9 Å². The van der Waals surface area contributed by atoms with Crippen molar-refractivity contribution in [2.75, 3.05) is 6.54 Å². The van der Waals surface area contributed by atoms with E-state index in [1.807, 2.05) is 19.1 Å². The minimum atomic E-state index is -0.685. The number of aliphatic hydroxyl groups excluding tert-OH is 1. The number of aldehydes is 1. The SMILES string of the molecule is CCC([C@H](C)O)n1ncn(-c2ccc(CCC(=O)ON3CC(C=O)CC4OC43)cc2)c1=O. The van der Waals surface area contributed by atoms with Crippen molar-refractivity contribution in [3.05, 3.63) is 46.6 Å². The minimum Gasteiger partial charge on any atom is -0.391 e. The molecule has 0 radical (unpaired) electrons. The summed E-state index contributed by atoms with van der Waals surface area (Å²) in [7, 11) is 0. The number of rotatable bonds is 9. The normalized spacial score (nSPS) is 24.4. The highest BCUT2D eigenvalue weighted by Gasteiger charge is 2.51. The molecule has 4 rings (SSSR count). The topological polar surface area (TPSA) is 119 Å². The predicted octanol–water partition coefficient (Wildman–Crippen LogP) is 1.00. The molecule has 4 unspecified atom stereocenters. The highest BCUT2D eigenvalue weighted by Crippen LogP contribution is 2.36. The molecule has 10 nitrogen and oxygen atoms in total. The average molecular weight is 444 g/mol. The van der Waals surface area contributed by atoms with Crippen molar-refractivity contribution in [1.82, 2.24) is 19.4 Å². The summed E-state index contributed by atoms with van der Waals surface area (Å²) in [5.41, 5.74) is 1.26. The number of aromatic nitrogens is 3. The zero-order valence-electron chi connectivity index (χ0n) is 18.2. The van der Waals surface area contributed by atoms with Gasteiger partial charge in [-0.1, -0.05) is 19.1 Å². The second kappa shape index (κ2) is 9.35. The number of aryl methyl sites for hydroxylation is 1. The molecule has 2 saturated heterocycles. The second-order valence-corrected chi connectivity index (χ2v) is 8.37. The van der Waals surface area contributed by atoms with E-state index < -0.39 is 6.10 Å². The van der Waals surface area contributed by atoms with Crippen molar-refractivity contribution in [2.45, 2.75) is 64.0 Å². The molecule has 32 heavy (non-hydrogen) atoms. The Morgan fingerprint density at radius 1 is 1.38 bits per heavy atom. The van der Waals surface area contributed by atoms with Crippen LogP contribution in [0.25, 0.3) is 5.69 Å². The number of epoxide rings is 1. The maximum atomic E-state index is 12.7. The Bertz CT molecular complexity index is 1010. The van der Waals surface area contributed by atoms with Crippen LogP contribution in [-0.2, 0) is 25.6 Å². The third kappa shape index (κ3) is 4.67. The highest BCUT2D eigenvalue weighted by molar-refractivity contribution is 5.69. The molecule has 172 valence electrons. The van der Waals surface area contributed by atoms with Crippen LogP contribution in [0.1, 0.15) is 44.7 Å². The molecule has 0 saturated carbocycles. The molecule has 2 fully saturated rings. The van der Waals surface area contributed by atoms with E-state index in [4.69, 9.17) is 9.57 Å². The number of piperidine rings is 1. The molecule has 3 heterocycles. The number of benzene rings is 1. The van der Waals surface area contributed by atoms with Crippen molar-refractivity contribution >= 4 is 12.3 Å². The van der Waals surface area contributed by atoms with Gasteiger partial charge < -0.3 is 19.5 Å². The lowest BCUT2D eigenvalue weighted by molar-refractivity contribution is -0.206. The third-order valence-corrected chi connectivity index (χ3v) is 6.02. The van der Waals surface area contributed by atoms with Crippen LogP contribution in [0, 0.1) is 5.92 Å². The van der Waals surface area contributed by atoms with Gasteiger partial charge in [-0.3, -0.25) is 4.79 Å². The smallest absolute Gasteiger partial charge is 0.350 e. The lowest BCUT2D eigenvalue weighted by atomic mass is 10.0. The van der Waals surface area contributed by atoms with Crippen molar-refractivity contribution in [1.29, 1.82) is 0 Å². The summed E-state index contributed by atoms with van der Waals surface area (Å²) in [6.45, 7) is 3.90. The molecule has 2 aliphatic heterocycles. The second-order valence-electron chi connectivity index (χ2n) is 8.37. The largest absolute Gasteiger partial charge is 0.391 e. The number of carbonyl (C=O) groups is 2. The van der Waals surface area contributed by atoms with Crippen LogP contribution < -0.4 is 5.69 Å². The van der Waals surface area contributed by atoms with Crippen LogP contribution in [0.5, 0.6) is 0 Å². The molecule has 0 amide bonds. The fraction of sp³-hybridized carbons (Fsp3) is 0.545. The number of hydrogen-bond donors (Lipinski definition) is 1. The van der Waals surface area contributed by atoms with Gasteiger partial charge in [-0.2, -0.15) is 5.10 Å². The van der Waals surface area contributed by atoms with Crippen LogP contribution in [0.2, 0.25) is 0 Å². The molecule has 10 heteroatoms. The quantitative estimate of drug-likeness (QED) is 0.449. The predicted molar refractivity (Wildman–Crippen MR) is 113 cm³/mol. The Morgan fingerprint density at radius 3 is 2.78 bits per heavy atom. The summed E-state index contributed by atoms with van der Waals surface area (Å²) in [4.78, 5) is 41.4. The molecule has 1 aromatic carbocycles. The summed E-state index contributed by atoms with van der Waals surface area (Å²) >= 11 is 0. The van der Waals surface area contributed by atoms with Crippen LogP contribution in [0.3, 0.4) is 0 Å². The first kappa shape index (κ1) is 22.4. The first-order valence-electron chi connectivity index (χ1n) is 10.9. The van der Waals surface area contributed by atoms with Crippen molar-refractivity contribution < 1.29 is 24.3 Å². The number of nitrogens with zero attached hydrogens (tertiary/aromatic N) is 4. The summed E-state index contributed by atoms with van der Waals surface area (Å²) < 4.78 is 8.16. The Hall–Kier alpha value is -2.82. The molecule has 0 bridgehead atoms. The monoisotopic (exact) mass is 444 g/mol. The fourth-order valence-corrected chi connectivity index (χ4v) is 4.14. The van der Waals surface area contributed by atoms with Gasteiger partial charge in [-0.25, -0.2) is 14.0 Å². The van der Waals surface area contributed by atoms with Gasteiger partial charge >= 0.3 is 11.7 Å². The third-order valence-electron chi connectivity index (χ3n) is 6.02. The minimum absolute atomic E-state index is 0.0275. The van der Waals surface area contributed by atoms with Crippen LogP contribution in [0.4, 0.5) is 0 Å². The van der Waals surface area contributed by atoms with Crippen molar-refractivity contribution in [3.8, 4) is 5.69 Å². The van der Waals surface area contributed by atoms with Gasteiger partial charge in [0, 0.05) is 12.5 Å². The Morgan fingerprint density at radius 2 is 2.12 bits per heavy atom. The summed E-state index contributed by atoms with van der Waals surface area (Å²) in [6.07, 6.45) is 3.31. The van der Waals surface area contributed by atoms with Crippen molar-refractivity contribution in [3.63, 3.8) is 0 Å². The van der Waals surface area contributed by atoms with Crippen LogP contribution >= 0.6 is 0 Å². The number of hydroxylamine groups is 2. The van der Waals surface area contributed by atoms with E-state index in [0.717, 1.165) is 11.8 Å². The first-order chi connectivity index (χ1) is 15.4. The number of carbonyl (C=O) groups excluding carboxylic acids is 2. The maximum Gasteiger partial charge on any atom is 0.350 e. The lowest BCUT2D eigenvalue weighted by Crippen LogP contribution is -2.40. The first-order valence-corrected chi connectivity index (χ1v) is 10.9. The number of hydrogen-bond acceptors (Lipinski definition) is 8. The van der Waals surface area contributed by atoms with Gasteiger partial charge in [0.1, 0.15) is 18.7 Å². The van der Waals surface area contributed by atoms with E-state index in [1.165, 1.54) is 20.6 Å². The lowest BCUT2D eigenvalue weighted by Gasteiger charge is -2.25. The van der Waals surface area contributed by atoms with Crippen LogP contribution in [-0.4, -0.2) is 61.8 Å². The molecular weight excluding hydrogens is 416 g/mol. The van der Waals surface area contributed by atoms with Gasteiger partial charge in [0.15, 0.2) is 6.23 Å². The van der Waals surface area contributed by atoms with E-state index in [0.29, 0.717) is 31.5 Å². The van der Waals surface area contributed by atoms with Crippen molar-refractivity contribution in [2.24, 2.45) is 5.92 Å². The Balaban J connectivity index is 1.33. The van der Waals surface area contributed by atoms with E-state index in [2.05, 4.69) is 5.10 Å². The van der Waals surface area contributed by atoms with E-state index in [1.54, 1.807) is 19.1 Å². The zero-order chi connectivity index (χ0) is 22.8. The molecule has 1 N–H and O–H groups in total. The molecule has 5 atom stereocenters. The van der Waals surface area contributed by atoms with Gasteiger partial charge in [0.05, 0.1) is 24.3 Å². The number of aliphatic hydroxyl groups is 1. The zero-order valence-corrected chi connectivity index (χ0v) is 18.2.